The smallest absolute Gasteiger partial charge is 0.247 e. The van der Waals surface area contributed by atoms with Crippen molar-refractivity contribution in [1.82, 2.24) is 15.5 Å². The van der Waals surface area contributed by atoms with Gasteiger partial charge >= 0.3 is 0 Å². The molecule has 122 valence electrons. The van der Waals surface area contributed by atoms with E-state index in [0.717, 1.165) is 24.2 Å². The van der Waals surface area contributed by atoms with Crippen molar-refractivity contribution in [2.24, 2.45) is 0 Å². The second-order valence-electron chi connectivity index (χ2n) is 5.78. The molecule has 1 aromatic heterocycles. The van der Waals surface area contributed by atoms with Crippen molar-refractivity contribution < 1.29 is 13.9 Å². The van der Waals surface area contributed by atoms with Gasteiger partial charge in [0.2, 0.25) is 17.7 Å². The first-order chi connectivity index (χ1) is 11.2. The number of rotatable bonds is 6. The number of nitrogens with zero attached hydrogens (tertiary/aromatic N) is 2. The lowest BCUT2D eigenvalue weighted by Crippen LogP contribution is -2.32. The molecule has 0 unspecified atom stereocenters. The number of benzene rings is 1. The second-order valence-corrected chi connectivity index (χ2v) is 5.78. The molecule has 1 N–H and O–H groups in total. The standard InChI is InChI=1S/C17H21N3O3/c1-22-14-8-6-12(7-9-14)17-20-19-16(23-17)11-10-15(21)18-13-4-2-3-5-13/h6-9,13H,2-5,10-11H2,1H3,(H,18,21). The van der Waals surface area contributed by atoms with E-state index in [-0.39, 0.29) is 5.91 Å². The van der Waals surface area contributed by atoms with Gasteiger partial charge in [-0.15, -0.1) is 10.2 Å². The second kappa shape index (κ2) is 7.26. The number of aromatic nitrogens is 2. The summed E-state index contributed by atoms with van der Waals surface area (Å²) in [4.78, 5) is 11.9. The number of hydrogen-bond donors (Lipinski definition) is 1. The highest BCUT2D eigenvalue weighted by Gasteiger charge is 2.17. The van der Waals surface area contributed by atoms with Crippen LogP contribution in [0, 0.1) is 0 Å². The third kappa shape index (κ3) is 4.09. The van der Waals surface area contributed by atoms with Gasteiger partial charge in [0.1, 0.15) is 5.75 Å². The fourth-order valence-corrected chi connectivity index (χ4v) is 2.80. The Kier molecular flexibility index (Phi) is 4.90. The lowest BCUT2D eigenvalue weighted by atomic mass is 10.2. The molecule has 1 saturated carbocycles. The first kappa shape index (κ1) is 15.5. The summed E-state index contributed by atoms with van der Waals surface area (Å²) in [5.41, 5.74) is 0.833. The van der Waals surface area contributed by atoms with E-state index in [0.29, 0.717) is 30.7 Å². The molecule has 2 aromatic rings. The molecule has 0 radical (unpaired) electrons. The Balaban J connectivity index is 1.53. The van der Waals surface area contributed by atoms with Gasteiger partial charge in [0, 0.05) is 24.4 Å². The summed E-state index contributed by atoms with van der Waals surface area (Å²) in [6.45, 7) is 0. The zero-order chi connectivity index (χ0) is 16.1. The molecule has 1 aliphatic rings. The molecule has 0 bridgehead atoms. The van der Waals surface area contributed by atoms with E-state index in [1.54, 1.807) is 7.11 Å². The summed E-state index contributed by atoms with van der Waals surface area (Å²) in [5, 5.41) is 11.1. The summed E-state index contributed by atoms with van der Waals surface area (Å²) >= 11 is 0. The summed E-state index contributed by atoms with van der Waals surface area (Å²) < 4.78 is 10.7. The van der Waals surface area contributed by atoms with E-state index >= 15 is 0 Å². The quantitative estimate of drug-likeness (QED) is 0.887. The van der Waals surface area contributed by atoms with Crippen LogP contribution in [0.2, 0.25) is 0 Å². The summed E-state index contributed by atoms with van der Waals surface area (Å²) in [6, 6.07) is 7.76. The highest BCUT2D eigenvalue weighted by Crippen LogP contribution is 2.21. The van der Waals surface area contributed by atoms with Crippen LogP contribution in [-0.2, 0) is 11.2 Å². The predicted molar refractivity (Wildman–Crippen MR) is 85.0 cm³/mol. The molecule has 1 fully saturated rings. The molecular weight excluding hydrogens is 294 g/mol. The molecule has 1 aliphatic carbocycles. The van der Waals surface area contributed by atoms with Crippen molar-refractivity contribution in [2.45, 2.75) is 44.6 Å². The van der Waals surface area contributed by atoms with E-state index in [9.17, 15) is 4.79 Å². The average Bonchev–Trinajstić information content (AvgIpc) is 3.25. The zero-order valence-corrected chi connectivity index (χ0v) is 13.2. The molecule has 0 atom stereocenters. The molecule has 0 spiro atoms. The van der Waals surface area contributed by atoms with Crippen molar-refractivity contribution in [3.8, 4) is 17.2 Å². The van der Waals surface area contributed by atoms with Crippen LogP contribution in [0.5, 0.6) is 5.75 Å². The number of methoxy groups -OCH3 is 1. The number of nitrogens with one attached hydrogen (secondary N) is 1. The topological polar surface area (TPSA) is 77.2 Å². The minimum atomic E-state index is 0.0566. The monoisotopic (exact) mass is 315 g/mol. The van der Waals surface area contributed by atoms with Crippen LogP contribution in [-0.4, -0.2) is 29.3 Å². The molecule has 0 saturated heterocycles. The van der Waals surface area contributed by atoms with Gasteiger partial charge in [0.15, 0.2) is 0 Å². The molecule has 3 rings (SSSR count). The van der Waals surface area contributed by atoms with E-state index < -0.39 is 0 Å². The minimum Gasteiger partial charge on any atom is -0.497 e. The minimum absolute atomic E-state index is 0.0566. The Bertz CT molecular complexity index is 645. The summed E-state index contributed by atoms with van der Waals surface area (Å²) in [7, 11) is 1.62. The van der Waals surface area contributed by atoms with E-state index in [4.69, 9.17) is 9.15 Å². The van der Waals surface area contributed by atoms with Gasteiger partial charge in [-0.25, -0.2) is 0 Å². The van der Waals surface area contributed by atoms with E-state index in [1.165, 1.54) is 12.8 Å². The number of aryl methyl sites for hydroxylation is 1. The van der Waals surface area contributed by atoms with Crippen LogP contribution in [0.4, 0.5) is 0 Å². The van der Waals surface area contributed by atoms with Gasteiger partial charge in [-0.2, -0.15) is 0 Å². The maximum atomic E-state index is 11.9. The van der Waals surface area contributed by atoms with Crippen molar-refractivity contribution in [3.63, 3.8) is 0 Å². The van der Waals surface area contributed by atoms with Gasteiger partial charge in [-0.1, -0.05) is 12.8 Å². The first-order valence-corrected chi connectivity index (χ1v) is 8.01. The molecule has 1 heterocycles. The lowest BCUT2D eigenvalue weighted by molar-refractivity contribution is -0.121. The first-order valence-electron chi connectivity index (χ1n) is 8.01. The molecule has 6 nitrogen and oxygen atoms in total. The van der Waals surface area contributed by atoms with Crippen molar-refractivity contribution >= 4 is 5.91 Å². The van der Waals surface area contributed by atoms with Crippen LogP contribution < -0.4 is 10.1 Å². The van der Waals surface area contributed by atoms with E-state index in [1.807, 2.05) is 24.3 Å². The van der Waals surface area contributed by atoms with Crippen LogP contribution >= 0.6 is 0 Å². The van der Waals surface area contributed by atoms with Crippen molar-refractivity contribution in [3.05, 3.63) is 30.2 Å². The fourth-order valence-electron chi connectivity index (χ4n) is 2.80. The molecule has 1 amide bonds. The van der Waals surface area contributed by atoms with Crippen LogP contribution in [0.1, 0.15) is 38.0 Å². The average molecular weight is 315 g/mol. The summed E-state index contributed by atoms with van der Waals surface area (Å²) in [5.74, 6) is 1.77. The number of amides is 1. The molecule has 1 aromatic carbocycles. The SMILES string of the molecule is COc1ccc(-c2nnc(CCC(=O)NC3CCCC3)o2)cc1. The van der Waals surface area contributed by atoms with Crippen LogP contribution in [0.25, 0.3) is 11.5 Å². The maximum Gasteiger partial charge on any atom is 0.247 e. The highest BCUT2D eigenvalue weighted by molar-refractivity contribution is 5.76. The highest BCUT2D eigenvalue weighted by atomic mass is 16.5. The normalized spacial score (nSPS) is 14.8. The van der Waals surface area contributed by atoms with E-state index in [2.05, 4.69) is 15.5 Å². The third-order valence-electron chi connectivity index (χ3n) is 4.09. The van der Waals surface area contributed by atoms with Crippen LogP contribution in [0.15, 0.2) is 28.7 Å². The largest absolute Gasteiger partial charge is 0.497 e. The third-order valence-corrected chi connectivity index (χ3v) is 4.09. The Morgan fingerprint density at radius 3 is 2.70 bits per heavy atom. The lowest BCUT2D eigenvalue weighted by Gasteiger charge is -2.10. The fraction of sp³-hybridized carbons (Fsp3) is 0.471. The Labute approximate surface area is 135 Å². The number of carbonyl (C=O) groups is 1. The predicted octanol–water partition coefficient (Wildman–Crippen LogP) is 2.74. The van der Waals surface area contributed by atoms with Crippen molar-refractivity contribution in [1.29, 1.82) is 0 Å². The maximum absolute atomic E-state index is 11.9. The van der Waals surface area contributed by atoms with Crippen LogP contribution in [0.3, 0.4) is 0 Å². The molecule has 6 heteroatoms. The Morgan fingerprint density at radius 1 is 1.26 bits per heavy atom. The van der Waals surface area contributed by atoms with Crippen molar-refractivity contribution in [2.75, 3.05) is 7.11 Å². The molecular formula is C17H21N3O3. The van der Waals surface area contributed by atoms with Gasteiger partial charge in [0.05, 0.1) is 7.11 Å². The van der Waals surface area contributed by atoms with Gasteiger partial charge in [0.25, 0.3) is 0 Å². The Morgan fingerprint density at radius 2 is 2.00 bits per heavy atom. The van der Waals surface area contributed by atoms with Gasteiger partial charge in [-0.3, -0.25) is 4.79 Å². The molecule has 0 aliphatic heterocycles. The number of ether oxygens (including phenoxy) is 1. The zero-order valence-electron chi connectivity index (χ0n) is 13.2. The van der Waals surface area contributed by atoms with Gasteiger partial charge < -0.3 is 14.5 Å². The number of hydrogen-bond acceptors (Lipinski definition) is 5. The summed E-state index contributed by atoms with van der Waals surface area (Å²) in [6.07, 6.45) is 5.43. The molecule has 23 heavy (non-hydrogen) atoms. The number of carbonyl (C=O) groups excluding carboxylic acids is 1. The van der Waals surface area contributed by atoms with Gasteiger partial charge in [-0.05, 0) is 37.1 Å². The Hall–Kier alpha value is -2.37.